The number of hydrogen-bond acceptors (Lipinski definition) is 5. The molecule has 134 valence electrons. The van der Waals surface area contributed by atoms with Gasteiger partial charge >= 0.3 is 6.18 Å². The van der Waals surface area contributed by atoms with Gasteiger partial charge in [-0.25, -0.2) is 4.98 Å². The molecule has 1 aromatic rings. The van der Waals surface area contributed by atoms with Crippen LogP contribution in [-0.2, 0) is 9.47 Å². The minimum atomic E-state index is -4.47. The smallest absolute Gasteiger partial charge is 0.422 e. The molecule has 0 saturated carbocycles. The third-order valence-corrected chi connectivity index (χ3v) is 3.66. The van der Waals surface area contributed by atoms with Crippen LogP contribution >= 0.6 is 0 Å². The molecule has 1 saturated heterocycles. The van der Waals surface area contributed by atoms with Crippen LogP contribution in [0.15, 0.2) is 18.2 Å². The molecule has 2 rings (SSSR count). The summed E-state index contributed by atoms with van der Waals surface area (Å²) in [5.41, 5.74) is 0.0209. The molecule has 2 atom stereocenters. The lowest BCUT2D eigenvalue weighted by molar-refractivity contribution is -0.154. The van der Waals surface area contributed by atoms with E-state index in [2.05, 4.69) is 9.72 Å². The highest BCUT2D eigenvalue weighted by Gasteiger charge is 2.36. The van der Waals surface area contributed by atoms with E-state index < -0.39 is 18.7 Å². The Morgan fingerprint density at radius 3 is 2.75 bits per heavy atom. The fourth-order valence-electron chi connectivity index (χ4n) is 2.56. The van der Waals surface area contributed by atoms with Gasteiger partial charge in [0.25, 0.3) is 5.91 Å². The first kappa shape index (κ1) is 18.5. The average Bonchev–Trinajstić information content (AvgIpc) is 2.95. The Balaban J connectivity index is 2.10. The molecule has 6 nitrogen and oxygen atoms in total. The normalized spacial score (nSPS) is 21.1. The number of pyridine rings is 1. The first-order valence-corrected chi connectivity index (χ1v) is 7.33. The maximum Gasteiger partial charge on any atom is 0.422 e. The standard InChI is InChI=1S/C15H19F3N2O4/c1-22-8-10-6-11(23-2)7-20(10)14(21)12-4-3-5-13(19-12)24-9-15(16,17)18/h3-5,10-11H,6-9H2,1-2H3/t10-,11-/m0/s1. The Morgan fingerprint density at radius 1 is 1.38 bits per heavy atom. The monoisotopic (exact) mass is 348 g/mol. The Hall–Kier alpha value is -1.87. The molecular weight excluding hydrogens is 329 g/mol. The third kappa shape index (κ3) is 4.81. The molecule has 1 aromatic heterocycles. The topological polar surface area (TPSA) is 60.9 Å². The van der Waals surface area contributed by atoms with Crippen LogP contribution in [0.4, 0.5) is 13.2 Å². The molecule has 0 aliphatic carbocycles. The van der Waals surface area contributed by atoms with Crippen LogP contribution in [-0.4, -0.2) is 68.1 Å². The van der Waals surface area contributed by atoms with Gasteiger partial charge in [-0.05, 0) is 12.5 Å². The second-order valence-corrected chi connectivity index (χ2v) is 5.43. The predicted molar refractivity (Wildman–Crippen MR) is 77.9 cm³/mol. The van der Waals surface area contributed by atoms with E-state index in [9.17, 15) is 18.0 Å². The van der Waals surface area contributed by atoms with Gasteiger partial charge in [0.1, 0.15) is 5.69 Å². The summed E-state index contributed by atoms with van der Waals surface area (Å²) in [5, 5.41) is 0. The van der Waals surface area contributed by atoms with E-state index in [4.69, 9.17) is 9.47 Å². The zero-order chi connectivity index (χ0) is 17.7. The highest BCUT2D eigenvalue weighted by Crippen LogP contribution is 2.23. The van der Waals surface area contributed by atoms with Crippen molar-refractivity contribution >= 4 is 5.91 Å². The van der Waals surface area contributed by atoms with Crippen LogP contribution in [0.2, 0.25) is 0 Å². The van der Waals surface area contributed by atoms with Crippen molar-refractivity contribution in [3.8, 4) is 5.88 Å². The lowest BCUT2D eigenvalue weighted by atomic mass is 10.2. The van der Waals surface area contributed by atoms with Gasteiger partial charge in [0.2, 0.25) is 5.88 Å². The fourth-order valence-corrected chi connectivity index (χ4v) is 2.56. The largest absolute Gasteiger partial charge is 0.468 e. The Kier molecular flexibility index (Phi) is 6.00. The molecule has 0 N–H and O–H groups in total. The minimum absolute atomic E-state index is 0.0209. The van der Waals surface area contributed by atoms with Crippen molar-refractivity contribution in [1.29, 1.82) is 0 Å². The van der Waals surface area contributed by atoms with E-state index in [1.165, 1.54) is 25.3 Å². The van der Waals surface area contributed by atoms with Crippen LogP contribution in [0.3, 0.4) is 0 Å². The molecule has 1 aliphatic rings. The lowest BCUT2D eigenvalue weighted by Crippen LogP contribution is -2.38. The van der Waals surface area contributed by atoms with E-state index in [0.717, 1.165) is 0 Å². The number of likely N-dealkylation sites (tertiary alicyclic amines) is 1. The maximum absolute atomic E-state index is 12.6. The van der Waals surface area contributed by atoms with Crippen molar-refractivity contribution in [3.63, 3.8) is 0 Å². The average molecular weight is 348 g/mol. The molecule has 0 unspecified atom stereocenters. The van der Waals surface area contributed by atoms with Gasteiger partial charge in [0, 0.05) is 26.8 Å². The summed E-state index contributed by atoms with van der Waals surface area (Å²) >= 11 is 0. The first-order valence-electron chi connectivity index (χ1n) is 7.33. The zero-order valence-electron chi connectivity index (χ0n) is 13.4. The SMILES string of the molecule is COC[C@@H]1C[C@H](OC)CN1C(=O)c1cccc(OCC(F)(F)F)n1. The summed E-state index contributed by atoms with van der Waals surface area (Å²) in [7, 11) is 3.10. The predicted octanol–water partition coefficient (Wildman–Crippen LogP) is 1.90. The summed E-state index contributed by atoms with van der Waals surface area (Å²) in [5.74, 6) is -0.641. The lowest BCUT2D eigenvalue weighted by Gasteiger charge is -2.23. The molecule has 0 aromatic carbocycles. The fraction of sp³-hybridized carbons (Fsp3) is 0.600. The highest BCUT2D eigenvalue weighted by molar-refractivity contribution is 5.93. The quantitative estimate of drug-likeness (QED) is 0.786. The van der Waals surface area contributed by atoms with E-state index in [1.807, 2.05) is 0 Å². The summed E-state index contributed by atoms with van der Waals surface area (Å²) in [6.45, 7) is -0.742. The van der Waals surface area contributed by atoms with Crippen molar-refractivity contribution in [2.45, 2.75) is 24.7 Å². The van der Waals surface area contributed by atoms with Crippen LogP contribution in [0.1, 0.15) is 16.9 Å². The highest BCUT2D eigenvalue weighted by atomic mass is 19.4. The zero-order valence-corrected chi connectivity index (χ0v) is 13.4. The molecule has 1 aliphatic heterocycles. The van der Waals surface area contributed by atoms with Crippen molar-refractivity contribution in [2.24, 2.45) is 0 Å². The second kappa shape index (κ2) is 7.80. The summed E-state index contributed by atoms with van der Waals surface area (Å²) in [6, 6.07) is 3.97. The number of aromatic nitrogens is 1. The maximum atomic E-state index is 12.6. The van der Waals surface area contributed by atoms with Gasteiger partial charge in [0.15, 0.2) is 6.61 Å². The number of methoxy groups -OCH3 is 2. The van der Waals surface area contributed by atoms with Crippen molar-refractivity contribution in [3.05, 3.63) is 23.9 Å². The molecule has 24 heavy (non-hydrogen) atoms. The first-order chi connectivity index (χ1) is 11.3. The van der Waals surface area contributed by atoms with E-state index in [-0.39, 0.29) is 23.7 Å². The number of rotatable bonds is 6. The van der Waals surface area contributed by atoms with Crippen LogP contribution in [0.25, 0.3) is 0 Å². The third-order valence-electron chi connectivity index (χ3n) is 3.66. The molecule has 0 spiro atoms. The van der Waals surface area contributed by atoms with Gasteiger partial charge in [-0.15, -0.1) is 0 Å². The molecule has 1 fully saturated rings. The van der Waals surface area contributed by atoms with E-state index in [0.29, 0.717) is 19.6 Å². The molecule has 0 radical (unpaired) electrons. The van der Waals surface area contributed by atoms with Crippen molar-refractivity contribution in [1.82, 2.24) is 9.88 Å². The number of carbonyl (C=O) groups is 1. The van der Waals surface area contributed by atoms with Crippen LogP contribution in [0.5, 0.6) is 5.88 Å². The number of nitrogens with zero attached hydrogens (tertiary/aromatic N) is 2. The van der Waals surface area contributed by atoms with Crippen LogP contribution in [0, 0.1) is 0 Å². The van der Waals surface area contributed by atoms with Crippen LogP contribution < -0.4 is 4.74 Å². The second-order valence-electron chi connectivity index (χ2n) is 5.43. The summed E-state index contributed by atoms with van der Waals surface area (Å²) in [6.07, 6.45) is -3.95. The molecular formula is C15H19F3N2O4. The van der Waals surface area contributed by atoms with E-state index >= 15 is 0 Å². The Bertz CT molecular complexity index is 568. The Labute approximate surface area is 137 Å². The van der Waals surface area contributed by atoms with Gasteiger partial charge in [-0.3, -0.25) is 4.79 Å². The molecule has 2 heterocycles. The Morgan fingerprint density at radius 2 is 2.12 bits per heavy atom. The summed E-state index contributed by atoms with van der Waals surface area (Å²) in [4.78, 5) is 18.1. The summed E-state index contributed by atoms with van der Waals surface area (Å²) < 4.78 is 51.6. The number of amides is 1. The number of alkyl halides is 3. The minimum Gasteiger partial charge on any atom is -0.468 e. The van der Waals surface area contributed by atoms with E-state index in [1.54, 1.807) is 12.0 Å². The molecule has 0 bridgehead atoms. The number of hydrogen-bond donors (Lipinski definition) is 0. The molecule has 9 heteroatoms. The number of ether oxygens (including phenoxy) is 3. The molecule has 1 amide bonds. The number of carbonyl (C=O) groups excluding carboxylic acids is 1. The van der Waals surface area contributed by atoms with Crippen molar-refractivity contribution in [2.75, 3.05) is 34.0 Å². The van der Waals surface area contributed by atoms with Gasteiger partial charge in [-0.1, -0.05) is 6.07 Å². The van der Waals surface area contributed by atoms with Gasteiger partial charge < -0.3 is 19.1 Å². The number of halogens is 3. The van der Waals surface area contributed by atoms with Gasteiger partial charge in [-0.2, -0.15) is 13.2 Å². The van der Waals surface area contributed by atoms with Crippen molar-refractivity contribution < 1.29 is 32.2 Å². The van der Waals surface area contributed by atoms with Gasteiger partial charge in [0.05, 0.1) is 18.8 Å².